The summed E-state index contributed by atoms with van der Waals surface area (Å²) >= 11 is 0. The number of ether oxygens (including phenoxy) is 1. The molecule has 1 rings (SSSR count). The highest BCUT2D eigenvalue weighted by molar-refractivity contribution is 5.67. The summed E-state index contributed by atoms with van der Waals surface area (Å²) in [4.78, 5) is 15.7. The van der Waals surface area contributed by atoms with Gasteiger partial charge in [0.05, 0.1) is 0 Å². The third kappa shape index (κ3) is 4.87. The van der Waals surface area contributed by atoms with E-state index in [2.05, 4.69) is 10.3 Å². The number of nitrogens with zero attached hydrogens (tertiary/aromatic N) is 1. The molecule has 1 aromatic heterocycles. The fraction of sp³-hybridized carbons (Fsp3) is 0.571. The van der Waals surface area contributed by atoms with Crippen molar-refractivity contribution >= 4 is 6.09 Å². The molecule has 1 unspecified atom stereocenters. The minimum atomic E-state index is -0.500. The molecule has 1 aromatic rings. The molecule has 0 fully saturated rings. The molecular formula is C14H23N3O2. The average Bonchev–Trinajstić information content (AvgIpc) is 2.35. The third-order valence-electron chi connectivity index (χ3n) is 2.85. The van der Waals surface area contributed by atoms with Crippen molar-refractivity contribution in [3.05, 3.63) is 30.1 Å². The topological polar surface area (TPSA) is 77.2 Å². The average molecular weight is 265 g/mol. The highest BCUT2D eigenvalue weighted by Crippen LogP contribution is 2.21. The van der Waals surface area contributed by atoms with Crippen molar-refractivity contribution in [1.82, 2.24) is 10.3 Å². The molecule has 0 saturated heterocycles. The van der Waals surface area contributed by atoms with Crippen LogP contribution in [0.4, 0.5) is 4.79 Å². The number of nitrogens with two attached hydrogens (primary N) is 1. The van der Waals surface area contributed by atoms with Gasteiger partial charge in [0.25, 0.3) is 0 Å². The molecule has 0 aliphatic carbocycles. The van der Waals surface area contributed by atoms with Gasteiger partial charge >= 0.3 is 6.09 Å². The van der Waals surface area contributed by atoms with Gasteiger partial charge in [0.15, 0.2) is 0 Å². The first-order valence-corrected chi connectivity index (χ1v) is 6.34. The summed E-state index contributed by atoms with van der Waals surface area (Å²) in [5.41, 5.74) is 6.05. The molecule has 5 heteroatoms. The van der Waals surface area contributed by atoms with E-state index < -0.39 is 11.7 Å². The normalized spacial score (nSPS) is 14.6. The standard InChI is InChI=1S/C14H23N3O2/c1-13(2,3)19-12(18)17-10-14(4,9-15)11-5-7-16-8-6-11/h5-8H,9-10,15H2,1-4H3,(H,17,18). The Bertz CT molecular complexity index is 414. The van der Waals surface area contributed by atoms with E-state index in [0.717, 1.165) is 5.56 Å². The number of nitrogens with one attached hydrogen (secondary N) is 1. The second-order valence-corrected chi connectivity index (χ2v) is 5.86. The van der Waals surface area contributed by atoms with Crippen LogP contribution in [-0.4, -0.2) is 29.8 Å². The quantitative estimate of drug-likeness (QED) is 0.870. The number of carbonyl (C=O) groups excluding carboxylic acids is 1. The maximum Gasteiger partial charge on any atom is 0.407 e. The molecule has 0 aliphatic heterocycles. The molecule has 0 aliphatic rings. The Hall–Kier alpha value is -1.62. The predicted octanol–water partition coefficient (Wildman–Crippen LogP) is 1.82. The maximum atomic E-state index is 11.7. The number of carbonyl (C=O) groups is 1. The van der Waals surface area contributed by atoms with Crippen molar-refractivity contribution in [2.24, 2.45) is 5.73 Å². The van der Waals surface area contributed by atoms with Gasteiger partial charge in [-0.3, -0.25) is 4.98 Å². The van der Waals surface area contributed by atoms with Crippen LogP contribution >= 0.6 is 0 Å². The summed E-state index contributed by atoms with van der Waals surface area (Å²) in [5.74, 6) is 0. The molecule has 106 valence electrons. The fourth-order valence-electron chi connectivity index (χ4n) is 1.63. The number of hydrogen-bond donors (Lipinski definition) is 2. The summed E-state index contributed by atoms with van der Waals surface area (Å²) in [6, 6.07) is 3.81. The first-order chi connectivity index (χ1) is 8.77. The van der Waals surface area contributed by atoms with Crippen LogP contribution in [-0.2, 0) is 10.2 Å². The van der Waals surface area contributed by atoms with Gasteiger partial charge in [-0.1, -0.05) is 6.92 Å². The molecular weight excluding hydrogens is 242 g/mol. The Morgan fingerprint density at radius 1 is 1.32 bits per heavy atom. The number of rotatable bonds is 4. The first kappa shape index (κ1) is 15.4. The van der Waals surface area contributed by atoms with E-state index in [-0.39, 0.29) is 5.41 Å². The molecule has 0 bridgehead atoms. The van der Waals surface area contributed by atoms with Crippen LogP contribution < -0.4 is 11.1 Å². The lowest BCUT2D eigenvalue weighted by molar-refractivity contribution is 0.0516. The molecule has 0 radical (unpaired) electrons. The largest absolute Gasteiger partial charge is 0.444 e. The summed E-state index contributed by atoms with van der Waals surface area (Å²) in [5, 5.41) is 2.77. The van der Waals surface area contributed by atoms with Crippen LogP contribution in [0.5, 0.6) is 0 Å². The molecule has 0 aromatic carbocycles. The monoisotopic (exact) mass is 265 g/mol. The lowest BCUT2D eigenvalue weighted by Crippen LogP contribution is -2.45. The lowest BCUT2D eigenvalue weighted by Gasteiger charge is -2.29. The van der Waals surface area contributed by atoms with Crippen molar-refractivity contribution in [3.63, 3.8) is 0 Å². The second kappa shape index (κ2) is 6.02. The zero-order chi connectivity index (χ0) is 14.5. The summed E-state index contributed by atoms with van der Waals surface area (Å²) in [6.45, 7) is 8.33. The van der Waals surface area contributed by atoms with Gasteiger partial charge in [-0.05, 0) is 38.5 Å². The lowest BCUT2D eigenvalue weighted by atomic mass is 9.83. The van der Waals surface area contributed by atoms with Crippen molar-refractivity contribution in [2.45, 2.75) is 38.7 Å². The first-order valence-electron chi connectivity index (χ1n) is 6.34. The van der Waals surface area contributed by atoms with E-state index in [9.17, 15) is 4.79 Å². The summed E-state index contributed by atoms with van der Waals surface area (Å²) < 4.78 is 5.21. The van der Waals surface area contributed by atoms with Crippen molar-refractivity contribution < 1.29 is 9.53 Å². The van der Waals surface area contributed by atoms with E-state index in [1.54, 1.807) is 12.4 Å². The van der Waals surface area contributed by atoms with Crippen LogP contribution in [0.3, 0.4) is 0 Å². The van der Waals surface area contributed by atoms with E-state index in [1.165, 1.54) is 0 Å². The molecule has 0 saturated carbocycles. The van der Waals surface area contributed by atoms with Crippen LogP contribution in [0.15, 0.2) is 24.5 Å². The molecule has 0 spiro atoms. The van der Waals surface area contributed by atoms with Crippen LogP contribution in [0.1, 0.15) is 33.3 Å². The van der Waals surface area contributed by atoms with E-state index in [1.807, 2.05) is 39.8 Å². The summed E-state index contributed by atoms with van der Waals surface area (Å²) in [6.07, 6.45) is 3.01. The van der Waals surface area contributed by atoms with E-state index in [0.29, 0.717) is 13.1 Å². The Labute approximate surface area is 114 Å². The van der Waals surface area contributed by atoms with E-state index >= 15 is 0 Å². The van der Waals surface area contributed by atoms with Gasteiger partial charge in [0.2, 0.25) is 0 Å². The molecule has 1 heterocycles. The van der Waals surface area contributed by atoms with Crippen LogP contribution in [0, 0.1) is 0 Å². The number of amides is 1. The Kier molecular flexibility index (Phi) is 4.89. The SMILES string of the molecule is CC(C)(C)OC(=O)NCC(C)(CN)c1ccncc1. The van der Waals surface area contributed by atoms with Crippen molar-refractivity contribution in [2.75, 3.05) is 13.1 Å². The Balaban J connectivity index is 2.65. The number of alkyl carbamates (subject to hydrolysis) is 1. The van der Waals surface area contributed by atoms with Gasteiger partial charge in [0, 0.05) is 30.9 Å². The van der Waals surface area contributed by atoms with Crippen molar-refractivity contribution in [1.29, 1.82) is 0 Å². The zero-order valence-electron chi connectivity index (χ0n) is 12.1. The number of aromatic nitrogens is 1. The molecule has 1 atom stereocenters. The van der Waals surface area contributed by atoms with E-state index in [4.69, 9.17) is 10.5 Å². The minimum Gasteiger partial charge on any atom is -0.444 e. The smallest absolute Gasteiger partial charge is 0.407 e. The third-order valence-corrected chi connectivity index (χ3v) is 2.85. The molecule has 1 amide bonds. The predicted molar refractivity (Wildman–Crippen MR) is 74.9 cm³/mol. The van der Waals surface area contributed by atoms with Crippen molar-refractivity contribution in [3.8, 4) is 0 Å². The number of pyridine rings is 1. The minimum absolute atomic E-state index is 0.333. The fourth-order valence-corrected chi connectivity index (χ4v) is 1.63. The maximum absolute atomic E-state index is 11.7. The highest BCUT2D eigenvalue weighted by Gasteiger charge is 2.26. The van der Waals surface area contributed by atoms with Gasteiger partial charge in [-0.15, -0.1) is 0 Å². The summed E-state index contributed by atoms with van der Waals surface area (Å²) in [7, 11) is 0. The van der Waals surface area contributed by atoms with Gasteiger partial charge in [-0.2, -0.15) is 0 Å². The second-order valence-electron chi connectivity index (χ2n) is 5.86. The molecule has 19 heavy (non-hydrogen) atoms. The molecule has 3 N–H and O–H groups in total. The molecule has 5 nitrogen and oxygen atoms in total. The Morgan fingerprint density at radius 3 is 2.37 bits per heavy atom. The van der Waals surface area contributed by atoms with Gasteiger partial charge in [0.1, 0.15) is 5.60 Å². The zero-order valence-corrected chi connectivity index (χ0v) is 12.1. The van der Waals surface area contributed by atoms with Gasteiger partial charge < -0.3 is 15.8 Å². The number of hydrogen-bond acceptors (Lipinski definition) is 4. The highest BCUT2D eigenvalue weighted by atomic mass is 16.6. The van der Waals surface area contributed by atoms with Crippen LogP contribution in [0.2, 0.25) is 0 Å². The van der Waals surface area contributed by atoms with Gasteiger partial charge in [-0.25, -0.2) is 4.79 Å². The Morgan fingerprint density at radius 2 is 1.89 bits per heavy atom. The van der Waals surface area contributed by atoms with Crippen LogP contribution in [0.25, 0.3) is 0 Å².